The van der Waals surface area contributed by atoms with Crippen LogP contribution in [-0.2, 0) is 6.42 Å². The van der Waals surface area contributed by atoms with E-state index in [1.165, 1.54) is 13.2 Å². The van der Waals surface area contributed by atoms with E-state index in [9.17, 15) is 4.39 Å². The Kier molecular flexibility index (Phi) is 4.75. The SMILES string of the molecule is COc1c(F)cc(Br)cc1CCCS. The predicted octanol–water partition coefficient (Wildman–Crippen LogP) is 3.46. The summed E-state index contributed by atoms with van der Waals surface area (Å²) in [5.74, 6) is 0.808. The molecule has 0 N–H and O–H groups in total. The van der Waals surface area contributed by atoms with Gasteiger partial charge < -0.3 is 4.74 Å². The molecule has 0 bridgehead atoms. The minimum atomic E-state index is -0.323. The van der Waals surface area contributed by atoms with E-state index in [1.54, 1.807) is 0 Å². The molecule has 0 saturated heterocycles. The lowest BCUT2D eigenvalue weighted by Gasteiger charge is -2.09. The van der Waals surface area contributed by atoms with Crippen LogP contribution in [0.4, 0.5) is 4.39 Å². The number of aryl methyl sites for hydroxylation is 1. The van der Waals surface area contributed by atoms with Crippen molar-refractivity contribution in [3.05, 3.63) is 28.0 Å². The first-order chi connectivity index (χ1) is 6.69. The molecule has 1 aromatic carbocycles. The van der Waals surface area contributed by atoms with Gasteiger partial charge in [0.1, 0.15) is 0 Å². The molecular weight excluding hydrogens is 267 g/mol. The highest BCUT2D eigenvalue weighted by atomic mass is 79.9. The lowest BCUT2D eigenvalue weighted by atomic mass is 10.1. The van der Waals surface area contributed by atoms with Crippen molar-refractivity contribution in [3.63, 3.8) is 0 Å². The maximum absolute atomic E-state index is 13.4. The second kappa shape index (κ2) is 5.61. The van der Waals surface area contributed by atoms with Gasteiger partial charge >= 0.3 is 0 Å². The number of methoxy groups -OCH3 is 1. The van der Waals surface area contributed by atoms with Crippen LogP contribution in [-0.4, -0.2) is 12.9 Å². The molecule has 0 unspecified atom stereocenters. The van der Waals surface area contributed by atoms with Crippen molar-refractivity contribution in [1.29, 1.82) is 0 Å². The van der Waals surface area contributed by atoms with Crippen LogP contribution in [0.5, 0.6) is 5.75 Å². The minimum Gasteiger partial charge on any atom is -0.493 e. The van der Waals surface area contributed by atoms with E-state index in [1.807, 2.05) is 6.07 Å². The van der Waals surface area contributed by atoms with Crippen molar-refractivity contribution in [2.75, 3.05) is 12.9 Å². The third-order valence-corrected chi connectivity index (χ3v) is 2.67. The highest BCUT2D eigenvalue weighted by molar-refractivity contribution is 9.10. The molecule has 1 nitrogen and oxygen atoms in total. The summed E-state index contributed by atoms with van der Waals surface area (Å²) in [7, 11) is 1.48. The average molecular weight is 279 g/mol. The third kappa shape index (κ3) is 2.89. The van der Waals surface area contributed by atoms with Crippen LogP contribution in [0.25, 0.3) is 0 Å². The summed E-state index contributed by atoms with van der Waals surface area (Å²) >= 11 is 7.37. The summed E-state index contributed by atoms with van der Waals surface area (Å²) in [6, 6.07) is 3.29. The van der Waals surface area contributed by atoms with Gasteiger partial charge in [0, 0.05) is 4.47 Å². The van der Waals surface area contributed by atoms with Crippen molar-refractivity contribution >= 4 is 28.6 Å². The summed E-state index contributed by atoms with van der Waals surface area (Å²) in [6.45, 7) is 0. The lowest BCUT2D eigenvalue weighted by Crippen LogP contribution is -1.96. The molecular formula is C10H12BrFOS. The zero-order valence-corrected chi connectivity index (χ0v) is 10.4. The van der Waals surface area contributed by atoms with Gasteiger partial charge in [0.2, 0.25) is 0 Å². The van der Waals surface area contributed by atoms with Crippen molar-refractivity contribution < 1.29 is 9.13 Å². The highest BCUT2D eigenvalue weighted by Crippen LogP contribution is 2.28. The Balaban J connectivity index is 2.99. The predicted molar refractivity (Wildman–Crippen MR) is 62.8 cm³/mol. The van der Waals surface area contributed by atoms with Gasteiger partial charge in [-0.05, 0) is 36.3 Å². The third-order valence-electron chi connectivity index (χ3n) is 1.89. The van der Waals surface area contributed by atoms with Crippen LogP contribution in [0.3, 0.4) is 0 Å². The van der Waals surface area contributed by atoms with Crippen LogP contribution in [0, 0.1) is 5.82 Å². The fourth-order valence-corrected chi connectivity index (χ4v) is 1.93. The molecule has 0 saturated carbocycles. The van der Waals surface area contributed by atoms with E-state index in [2.05, 4.69) is 28.6 Å². The van der Waals surface area contributed by atoms with Crippen LogP contribution in [0.1, 0.15) is 12.0 Å². The van der Waals surface area contributed by atoms with Crippen LogP contribution in [0.2, 0.25) is 0 Å². The first kappa shape index (κ1) is 11.9. The van der Waals surface area contributed by atoms with Gasteiger partial charge in [-0.15, -0.1) is 0 Å². The summed E-state index contributed by atoms with van der Waals surface area (Å²) in [5, 5.41) is 0. The molecule has 4 heteroatoms. The number of hydrogen-bond donors (Lipinski definition) is 1. The zero-order valence-electron chi connectivity index (χ0n) is 7.89. The van der Waals surface area contributed by atoms with Crippen LogP contribution < -0.4 is 4.74 Å². The second-order valence-electron chi connectivity index (χ2n) is 2.91. The van der Waals surface area contributed by atoms with E-state index >= 15 is 0 Å². The van der Waals surface area contributed by atoms with Gasteiger partial charge in [-0.3, -0.25) is 0 Å². The number of thiol groups is 1. The van der Waals surface area contributed by atoms with Crippen molar-refractivity contribution in [1.82, 2.24) is 0 Å². The molecule has 0 aliphatic carbocycles. The van der Waals surface area contributed by atoms with E-state index in [0.717, 1.165) is 28.6 Å². The Hall–Kier alpha value is -0.220. The second-order valence-corrected chi connectivity index (χ2v) is 4.27. The molecule has 0 fully saturated rings. The number of rotatable bonds is 4. The fraction of sp³-hybridized carbons (Fsp3) is 0.400. The zero-order chi connectivity index (χ0) is 10.6. The normalized spacial score (nSPS) is 10.3. The number of halogens is 2. The Morgan fingerprint density at radius 2 is 2.21 bits per heavy atom. The van der Waals surface area contributed by atoms with Gasteiger partial charge in [0.25, 0.3) is 0 Å². The molecule has 0 aliphatic heterocycles. The summed E-state index contributed by atoms with van der Waals surface area (Å²) < 4.78 is 19.1. The molecule has 0 aromatic heterocycles. The molecule has 0 aliphatic rings. The Labute approximate surface area is 97.2 Å². The molecule has 1 rings (SSSR count). The molecule has 1 aromatic rings. The van der Waals surface area contributed by atoms with Gasteiger partial charge in [-0.1, -0.05) is 15.9 Å². The maximum Gasteiger partial charge on any atom is 0.166 e. The largest absolute Gasteiger partial charge is 0.493 e. The van der Waals surface area contributed by atoms with E-state index < -0.39 is 0 Å². The first-order valence-electron chi connectivity index (χ1n) is 4.31. The Morgan fingerprint density at radius 3 is 2.79 bits per heavy atom. The average Bonchev–Trinajstić information content (AvgIpc) is 2.14. The van der Waals surface area contributed by atoms with E-state index in [-0.39, 0.29) is 5.82 Å². The van der Waals surface area contributed by atoms with Gasteiger partial charge in [0.05, 0.1) is 7.11 Å². The quantitative estimate of drug-likeness (QED) is 0.830. The van der Waals surface area contributed by atoms with Gasteiger partial charge in [0.15, 0.2) is 11.6 Å². The smallest absolute Gasteiger partial charge is 0.166 e. The summed E-state index contributed by atoms with van der Waals surface area (Å²) in [6.07, 6.45) is 1.69. The Morgan fingerprint density at radius 1 is 1.50 bits per heavy atom. The van der Waals surface area contributed by atoms with Crippen LogP contribution in [0.15, 0.2) is 16.6 Å². The molecule has 0 amide bonds. The topological polar surface area (TPSA) is 9.23 Å². The number of benzene rings is 1. The highest BCUT2D eigenvalue weighted by Gasteiger charge is 2.10. The van der Waals surface area contributed by atoms with Crippen molar-refractivity contribution in [2.24, 2.45) is 0 Å². The molecule has 0 heterocycles. The number of hydrogen-bond acceptors (Lipinski definition) is 2. The standard InChI is InChI=1S/C10H12BrFOS/c1-13-10-7(3-2-4-14)5-8(11)6-9(10)12/h5-6,14H,2-4H2,1H3. The fourth-order valence-electron chi connectivity index (χ4n) is 1.30. The monoisotopic (exact) mass is 278 g/mol. The van der Waals surface area contributed by atoms with Crippen molar-refractivity contribution in [2.45, 2.75) is 12.8 Å². The van der Waals surface area contributed by atoms with Gasteiger partial charge in [-0.25, -0.2) is 4.39 Å². The lowest BCUT2D eigenvalue weighted by molar-refractivity contribution is 0.381. The summed E-state index contributed by atoms with van der Waals surface area (Å²) in [5.41, 5.74) is 0.883. The summed E-state index contributed by atoms with van der Waals surface area (Å²) in [4.78, 5) is 0. The van der Waals surface area contributed by atoms with E-state index in [0.29, 0.717) is 5.75 Å². The molecule has 0 atom stereocenters. The van der Waals surface area contributed by atoms with Crippen molar-refractivity contribution in [3.8, 4) is 5.75 Å². The minimum absolute atomic E-state index is 0.323. The number of ether oxygens (including phenoxy) is 1. The molecule has 78 valence electrons. The maximum atomic E-state index is 13.4. The van der Waals surface area contributed by atoms with Crippen LogP contribution >= 0.6 is 28.6 Å². The van der Waals surface area contributed by atoms with E-state index in [4.69, 9.17) is 4.74 Å². The Bertz CT molecular complexity index is 317. The first-order valence-corrected chi connectivity index (χ1v) is 5.74. The molecule has 0 spiro atoms. The molecule has 14 heavy (non-hydrogen) atoms. The van der Waals surface area contributed by atoms with Gasteiger partial charge in [-0.2, -0.15) is 12.6 Å². The molecule has 0 radical (unpaired) electrons.